The summed E-state index contributed by atoms with van der Waals surface area (Å²) in [5.41, 5.74) is 1.54. The summed E-state index contributed by atoms with van der Waals surface area (Å²) in [5, 5.41) is 7.91. The highest BCUT2D eigenvalue weighted by Crippen LogP contribution is 2.28. The third-order valence-corrected chi connectivity index (χ3v) is 5.00. The maximum Gasteiger partial charge on any atom is 0.406 e. The number of hydrogen-bond donors (Lipinski definition) is 0. The van der Waals surface area contributed by atoms with Crippen molar-refractivity contribution in [1.82, 2.24) is 14.8 Å². The van der Waals surface area contributed by atoms with E-state index in [0.29, 0.717) is 31.9 Å². The van der Waals surface area contributed by atoms with Gasteiger partial charge in [-0.1, -0.05) is 41.6 Å². The number of Topliss-reactive ketones (excluding diaryl/α,β-unsaturated/α-hetero) is 1. The smallest absolute Gasteiger partial charge is 0.378 e. The molecule has 0 spiro atoms. The second kappa shape index (κ2) is 8.30. The minimum atomic E-state index is -4.42. The molecule has 3 rings (SSSR count). The Morgan fingerprint density at radius 2 is 1.85 bits per heavy atom. The lowest BCUT2D eigenvalue weighted by Gasteiger charge is -2.28. The predicted molar refractivity (Wildman–Crippen MR) is 95.3 cm³/mol. The largest absolute Gasteiger partial charge is 0.406 e. The lowest BCUT2D eigenvalue weighted by Crippen LogP contribution is -2.38. The normalized spacial score (nSPS) is 15.2. The van der Waals surface area contributed by atoms with Crippen LogP contribution >= 0.6 is 11.8 Å². The molecule has 2 aromatic rings. The van der Waals surface area contributed by atoms with Gasteiger partial charge in [-0.05, 0) is 6.92 Å². The molecule has 1 fully saturated rings. The summed E-state index contributed by atoms with van der Waals surface area (Å²) >= 11 is 0.962. The molecule has 0 saturated carbocycles. The Kier molecular flexibility index (Phi) is 6.05. The molecule has 0 radical (unpaired) electrons. The number of halogens is 3. The Balaban J connectivity index is 1.76. The summed E-state index contributed by atoms with van der Waals surface area (Å²) in [5.74, 6) is -0.0299. The number of nitrogens with zero attached hydrogens (tertiary/aromatic N) is 4. The summed E-state index contributed by atoms with van der Waals surface area (Å²) in [6.07, 6.45) is -4.42. The molecule has 0 atom stereocenters. The number of carbonyl (C=O) groups excluding carboxylic acids is 1. The number of aryl methyl sites for hydroxylation is 1. The molecule has 1 aromatic heterocycles. The number of benzene rings is 1. The van der Waals surface area contributed by atoms with Crippen LogP contribution < -0.4 is 4.90 Å². The van der Waals surface area contributed by atoms with Crippen LogP contribution in [0.3, 0.4) is 0 Å². The lowest BCUT2D eigenvalue weighted by atomic mass is 10.1. The Morgan fingerprint density at radius 3 is 2.48 bits per heavy atom. The van der Waals surface area contributed by atoms with Gasteiger partial charge >= 0.3 is 6.18 Å². The molecule has 27 heavy (non-hydrogen) atoms. The molecule has 0 N–H and O–H groups in total. The first-order chi connectivity index (χ1) is 12.8. The first kappa shape index (κ1) is 19.7. The van der Waals surface area contributed by atoms with Crippen molar-refractivity contribution in [3.8, 4) is 0 Å². The standard InChI is InChI=1S/C17H19F3N4O2S/c1-12-2-4-13(5-3-12)14(25)10-27-16-22-21-15(23-6-8-26-9-7-23)24(16)11-17(18,19)20/h2-5H,6-11H2,1H3. The molecule has 0 bridgehead atoms. The second-order valence-corrected chi connectivity index (χ2v) is 7.10. The molecule has 0 amide bonds. The van der Waals surface area contributed by atoms with Crippen molar-refractivity contribution in [2.75, 3.05) is 37.0 Å². The minimum absolute atomic E-state index is 0.0117. The van der Waals surface area contributed by atoms with Gasteiger partial charge in [-0.15, -0.1) is 10.2 Å². The lowest BCUT2D eigenvalue weighted by molar-refractivity contribution is -0.141. The molecule has 0 unspecified atom stereocenters. The average Bonchev–Trinajstić information content (AvgIpc) is 3.02. The van der Waals surface area contributed by atoms with Crippen LogP contribution in [0.1, 0.15) is 15.9 Å². The molecular weight excluding hydrogens is 381 g/mol. The first-order valence-corrected chi connectivity index (χ1v) is 9.37. The van der Waals surface area contributed by atoms with E-state index in [2.05, 4.69) is 10.2 Å². The molecule has 2 heterocycles. The van der Waals surface area contributed by atoms with E-state index in [1.165, 1.54) is 0 Å². The zero-order valence-electron chi connectivity index (χ0n) is 14.7. The number of alkyl halides is 3. The zero-order valence-corrected chi connectivity index (χ0v) is 15.5. The number of aromatic nitrogens is 3. The Bertz CT molecular complexity index is 786. The van der Waals surface area contributed by atoms with Gasteiger partial charge in [0, 0.05) is 18.7 Å². The number of thioether (sulfide) groups is 1. The van der Waals surface area contributed by atoms with Gasteiger partial charge in [-0.25, -0.2) is 0 Å². The Labute approximate surface area is 158 Å². The number of ether oxygens (including phenoxy) is 1. The number of carbonyl (C=O) groups is 1. The van der Waals surface area contributed by atoms with Crippen LogP contribution in [-0.4, -0.2) is 58.8 Å². The summed E-state index contributed by atoms with van der Waals surface area (Å²) in [7, 11) is 0. The molecule has 1 aliphatic heterocycles. The number of ketones is 1. The Hall–Kier alpha value is -2.07. The van der Waals surface area contributed by atoms with Crippen molar-refractivity contribution < 1.29 is 22.7 Å². The van der Waals surface area contributed by atoms with Crippen LogP contribution in [-0.2, 0) is 11.3 Å². The summed E-state index contributed by atoms with van der Waals surface area (Å²) < 4.78 is 45.4. The summed E-state index contributed by atoms with van der Waals surface area (Å²) in [6.45, 7) is 2.45. The number of morpholine rings is 1. The van der Waals surface area contributed by atoms with Gasteiger partial charge in [0.1, 0.15) is 6.54 Å². The molecule has 1 aliphatic rings. The van der Waals surface area contributed by atoms with Gasteiger partial charge in [0.15, 0.2) is 10.9 Å². The maximum atomic E-state index is 13.1. The van der Waals surface area contributed by atoms with Gasteiger partial charge in [-0.3, -0.25) is 9.36 Å². The fraction of sp³-hybridized carbons (Fsp3) is 0.471. The fourth-order valence-corrected chi connectivity index (χ4v) is 3.48. The van der Waals surface area contributed by atoms with Crippen LogP contribution in [0, 0.1) is 6.92 Å². The first-order valence-electron chi connectivity index (χ1n) is 8.39. The fourth-order valence-electron chi connectivity index (χ4n) is 2.66. The van der Waals surface area contributed by atoms with Crippen molar-refractivity contribution in [2.24, 2.45) is 0 Å². The number of anilines is 1. The summed E-state index contributed by atoms with van der Waals surface area (Å²) in [4.78, 5) is 14.0. The van der Waals surface area contributed by atoms with Crippen LogP contribution in [0.5, 0.6) is 0 Å². The van der Waals surface area contributed by atoms with Crippen molar-refractivity contribution in [1.29, 1.82) is 0 Å². The second-order valence-electron chi connectivity index (χ2n) is 6.16. The van der Waals surface area contributed by atoms with Gasteiger partial charge in [-0.2, -0.15) is 13.2 Å². The van der Waals surface area contributed by atoms with Crippen molar-refractivity contribution in [2.45, 2.75) is 24.8 Å². The highest BCUT2D eigenvalue weighted by Gasteiger charge is 2.33. The minimum Gasteiger partial charge on any atom is -0.378 e. The quantitative estimate of drug-likeness (QED) is 0.549. The van der Waals surface area contributed by atoms with Crippen molar-refractivity contribution in [3.05, 3.63) is 35.4 Å². The third kappa shape index (κ3) is 5.23. The average molecular weight is 400 g/mol. The summed E-state index contributed by atoms with van der Waals surface area (Å²) in [6, 6.07) is 7.05. The van der Waals surface area contributed by atoms with E-state index >= 15 is 0 Å². The van der Waals surface area contributed by atoms with Gasteiger partial charge in [0.25, 0.3) is 0 Å². The van der Waals surface area contributed by atoms with E-state index < -0.39 is 12.7 Å². The van der Waals surface area contributed by atoms with E-state index in [-0.39, 0.29) is 22.6 Å². The van der Waals surface area contributed by atoms with E-state index in [9.17, 15) is 18.0 Å². The van der Waals surface area contributed by atoms with Crippen molar-refractivity contribution in [3.63, 3.8) is 0 Å². The molecule has 1 saturated heterocycles. The van der Waals surface area contributed by atoms with E-state index in [4.69, 9.17) is 4.74 Å². The predicted octanol–water partition coefficient (Wildman–Crippen LogP) is 2.96. The van der Waals surface area contributed by atoms with Crippen LogP contribution in [0.25, 0.3) is 0 Å². The molecular formula is C17H19F3N4O2S. The van der Waals surface area contributed by atoms with Crippen LogP contribution in [0.2, 0.25) is 0 Å². The Morgan fingerprint density at radius 1 is 1.19 bits per heavy atom. The van der Waals surface area contributed by atoms with E-state index in [1.807, 2.05) is 19.1 Å². The molecule has 0 aliphatic carbocycles. The molecule has 6 nitrogen and oxygen atoms in total. The van der Waals surface area contributed by atoms with Crippen LogP contribution in [0.4, 0.5) is 19.1 Å². The molecule has 10 heteroatoms. The number of rotatable bonds is 6. The molecule has 146 valence electrons. The highest BCUT2D eigenvalue weighted by molar-refractivity contribution is 7.99. The van der Waals surface area contributed by atoms with E-state index in [0.717, 1.165) is 21.9 Å². The maximum absolute atomic E-state index is 13.1. The van der Waals surface area contributed by atoms with Crippen LogP contribution in [0.15, 0.2) is 29.4 Å². The van der Waals surface area contributed by atoms with E-state index in [1.54, 1.807) is 17.0 Å². The highest BCUT2D eigenvalue weighted by atomic mass is 32.2. The third-order valence-electron chi connectivity index (χ3n) is 4.03. The van der Waals surface area contributed by atoms with Gasteiger partial charge in [0.05, 0.1) is 19.0 Å². The zero-order chi connectivity index (χ0) is 19.4. The monoisotopic (exact) mass is 400 g/mol. The number of hydrogen-bond acceptors (Lipinski definition) is 6. The van der Waals surface area contributed by atoms with Gasteiger partial charge < -0.3 is 9.64 Å². The van der Waals surface area contributed by atoms with Gasteiger partial charge in [0.2, 0.25) is 5.95 Å². The van der Waals surface area contributed by atoms with Crippen molar-refractivity contribution >= 4 is 23.5 Å². The topological polar surface area (TPSA) is 60.3 Å². The molecule has 1 aromatic carbocycles. The SMILES string of the molecule is Cc1ccc(C(=O)CSc2nnc(N3CCOCC3)n2CC(F)(F)F)cc1.